The van der Waals surface area contributed by atoms with Gasteiger partial charge in [-0.05, 0) is 50.1 Å². The minimum atomic E-state index is -4.04. The fourth-order valence-corrected chi connectivity index (χ4v) is 5.19. The summed E-state index contributed by atoms with van der Waals surface area (Å²) in [5.41, 5.74) is 1.36. The van der Waals surface area contributed by atoms with Crippen molar-refractivity contribution in [2.75, 3.05) is 17.5 Å². The lowest BCUT2D eigenvalue weighted by atomic mass is 10.2. The molecule has 0 fully saturated rings. The highest BCUT2D eigenvalue weighted by molar-refractivity contribution is 7.93. The molecular formula is C21H22ClN3O6S. The van der Waals surface area contributed by atoms with Gasteiger partial charge in [-0.15, -0.1) is 0 Å². The van der Waals surface area contributed by atoms with Gasteiger partial charge in [0, 0.05) is 12.6 Å². The normalized spacial score (nSPS) is 12.9. The van der Waals surface area contributed by atoms with Gasteiger partial charge in [0.05, 0.1) is 16.3 Å². The van der Waals surface area contributed by atoms with Gasteiger partial charge in [-0.1, -0.05) is 29.8 Å². The molecule has 2 N–H and O–H groups in total. The summed E-state index contributed by atoms with van der Waals surface area (Å²) in [4.78, 5) is 35.4. The molecule has 0 bridgehead atoms. The van der Waals surface area contributed by atoms with E-state index < -0.39 is 34.5 Å². The van der Waals surface area contributed by atoms with E-state index in [9.17, 15) is 22.8 Å². The molecule has 0 atom stereocenters. The van der Waals surface area contributed by atoms with E-state index in [1.165, 1.54) is 16.4 Å². The average Bonchev–Trinajstić information content (AvgIpc) is 3.16. The van der Waals surface area contributed by atoms with Gasteiger partial charge in [0.1, 0.15) is 4.90 Å². The SMILES string of the molecule is CC(C)NC(=O)NC(=O)COC(=O)c1ccc(Cl)c(S(=O)(=O)N2CCc3ccccc32)c1. The number of nitrogens with one attached hydrogen (secondary N) is 2. The maximum Gasteiger partial charge on any atom is 0.338 e. The molecule has 2 aromatic carbocycles. The monoisotopic (exact) mass is 479 g/mol. The molecule has 1 aliphatic rings. The Morgan fingerprint density at radius 1 is 1.16 bits per heavy atom. The molecular weight excluding hydrogens is 458 g/mol. The Labute approximate surface area is 190 Å². The predicted octanol–water partition coefficient (Wildman–Crippen LogP) is 2.48. The zero-order valence-corrected chi connectivity index (χ0v) is 19.0. The van der Waals surface area contributed by atoms with Crippen LogP contribution < -0.4 is 14.9 Å². The molecule has 0 saturated heterocycles. The van der Waals surface area contributed by atoms with Crippen molar-refractivity contribution in [2.45, 2.75) is 31.2 Å². The molecule has 0 aromatic heterocycles. The van der Waals surface area contributed by atoms with Crippen LogP contribution in [0.15, 0.2) is 47.4 Å². The number of esters is 1. The number of amides is 3. The van der Waals surface area contributed by atoms with Crippen LogP contribution >= 0.6 is 11.6 Å². The molecule has 1 heterocycles. The van der Waals surface area contributed by atoms with Crippen LogP contribution in [0.2, 0.25) is 5.02 Å². The second-order valence-electron chi connectivity index (χ2n) is 7.35. The third kappa shape index (κ3) is 5.20. The molecule has 32 heavy (non-hydrogen) atoms. The van der Waals surface area contributed by atoms with Crippen molar-refractivity contribution in [1.82, 2.24) is 10.6 Å². The number of carbonyl (C=O) groups excluding carboxylic acids is 3. The number of para-hydroxylation sites is 1. The van der Waals surface area contributed by atoms with Crippen molar-refractivity contribution < 1.29 is 27.5 Å². The molecule has 3 amide bonds. The van der Waals surface area contributed by atoms with Crippen LogP contribution in [-0.2, 0) is 26.0 Å². The summed E-state index contributed by atoms with van der Waals surface area (Å²) in [7, 11) is -4.04. The maximum absolute atomic E-state index is 13.2. The van der Waals surface area contributed by atoms with Gasteiger partial charge < -0.3 is 10.1 Å². The molecule has 2 aromatic rings. The van der Waals surface area contributed by atoms with Crippen molar-refractivity contribution in [3.8, 4) is 0 Å². The molecule has 3 rings (SSSR count). The van der Waals surface area contributed by atoms with Crippen LogP contribution in [0.25, 0.3) is 0 Å². The summed E-state index contributed by atoms with van der Waals surface area (Å²) >= 11 is 6.15. The van der Waals surface area contributed by atoms with E-state index >= 15 is 0 Å². The third-order valence-electron chi connectivity index (χ3n) is 4.59. The van der Waals surface area contributed by atoms with Crippen molar-refractivity contribution in [1.29, 1.82) is 0 Å². The van der Waals surface area contributed by atoms with Gasteiger partial charge in [-0.3, -0.25) is 14.4 Å². The summed E-state index contributed by atoms with van der Waals surface area (Å²) < 4.78 is 32.7. The topological polar surface area (TPSA) is 122 Å². The van der Waals surface area contributed by atoms with Crippen LogP contribution in [0.5, 0.6) is 0 Å². The lowest BCUT2D eigenvalue weighted by Crippen LogP contribution is -2.44. The lowest BCUT2D eigenvalue weighted by molar-refractivity contribution is -0.123. The molecule has 9 nitrogen and oxygen atoms in total. The fourth-order valence-electron chi connectivity index (χ4n) is 3.18. The first kappa shape index (κ1) is 23.6. The Kier molecular flexibility index (Phi) is 7.05. The Balaban J connectivity index is 1.74. The van der Waals surface area contributed by atoms with E-state index in [0.717, 1.165) is 11.6 Å². The van der Waals surface area contributed by atoms with Gasteiger partial charge in [-0.25, -0.2) is 18.0 Å². The second kappa shape index (κ2) is 9.58. The largest absolute Gasteiger partial charge is 0.452 e. The van der Waals surface area contributed by atoms with Gasteiger partial charge in [0.2, 0.25) is 0 Å². The number of imide groups is 1. The van der Waals surface area contributed by atoms with E-state index in [1.807, 2.05) is 17.4 Å². The fraction of sp³-hybridized carbons (Fsp3) is 0.286. The number of urea groups is 1. The summed E-state index contributed by atoms with van der Waals surface area (Å²) in [6.07, 6.45) is 0.564. The van der Waals surface area contributed by atoms with Gasteiger partial charge >= 0.3 is 12.0 Å². The third-order valence-corrected chi connectivity index (χ3v) is 6.88. The first-order valence-electron chi connectivity index (χ1n) is 9.77. The standard InChI is InChI=1S/C21H22ClN3O6S/c1-13(2)23-21(28)24-19(26)12-31-20(27)15-7-8-16(22)18(11-15)32(29,30)25-10-9-14-5-3-4-6-17(14)25/h3-8,11,13H,9-10,12H2,1-2H3,(H2,23,24,26,28). The number of halogens is 1. The number of anilines is 1. The number of carbonyl (C=O) groups is 3. The number of fused-ring (bicyclic) bond motifs is 1. The van der Waals surface area contributed by atoms with Crippen molar-refractivity contribution >= 4 is 45.2 Å². The first-order chi connectivity index (χ1) is 15.1. The highest BCUT2D eigenvalue weighted by Gasteiger charge is 2.32. The molecule has 0 unspecified atom stereocenters. The number of hydrogen-bond acceptors (Lipinski definition) is 6. The molecule has 1 aliphatic heterocycles. The average molecular weight is 480 g/mol. The lowest BCUT2D eigenvalue weighted by Gasteiger charge is -2.20. The summed E-state index contributed by atoms with van der Waals surface area (Å²) in [6, 6.07) is 9.94. The summed E-state index contributed by atoms with van der Waals surface area (Å²) in [5.74, 6) is -1.76. The van der Waals surface area contributed by atoms with Crippen molar-refractivity contribution in [2.24, 2.45) is 0 Å². The van der Waals surface area contributed by atoms with Gasteiger partial charge in [0.25, 0.3) is 15.9 Å². The number of rotatable bonds is 6. The van der Waals surface area contributed by atoms with E-state index in [1.54, 1.807) is 26.0 Å². The molecule has 0 radical (unpaired) electrons. The van der Waals surface area contributed by atoms with E-state index in [-0.39, 0.29) is 28.1 Å². The number of ether oxygens (including phenoxy) is 1. The van der Waals surface area contributed by atoms with Crippen LogP contribution in [0.3, 0.4) is 0 Å². The minimum Gasteiger partial charge on any atom is -0.452 e. The Morgan fingerprint density at radius 3 is 2.59 bits per heavy atom. The van der Waals surface area contributed by atoms with Crippen LogP contribution in [0.1, 0.15) is 29.8 Å². The zero-order valence-electron chi connectivity index (χ0n) is 17.4. The van der Waals surface area contributed by atoms with E-state index in [0.29, 0.717) is 12.1 Å². The summed E-state index contributed by atoms with van der Waals surface area (Å²) in [5, 5.41) is 4.43. The molecule has 0 aliphatic carbocycles. The number of sulfonamides is 1. The van der Waals surface area contributed by atoms with Crippen molar-refractivity contribution in [3.63, 3.8) is 0 Å². The highest BCUT2D eigenvalue weighted by atomic mass is 35.5. The smallest absolute Gasteiger partial charge is 0.338 e. The quantitative estimate of drug-likeness (QED) is 0.614. The van der Waals surface area contributed by atoms with Crippen LogP contribution in [0, 0.1) is 0 Å². The van der Waals surface area contributed by atoms with Crippen LogP contribution in [0.4, 0.5) is 10.5 Å². The first-order valence-corrected chi connectivity index (χ1v) is 11.6. The molecule has 11 heteroatoms. The van der Waals surface area contributed by atoms with Gasteiger partial charge in [-0.2, -0.15) is 0 Å². The summed E-state index contributed by atoms with van der Waals surface area (Å²) in [6.45, 7) is 2.98. The molecule has 0 spiro atoms. The number of benzene rings is 2. The van der Waals surface area contributed by atoms with E-state index in [2.05, 4.69) is 5.32 Å². The Bertz CT molecular complexity index is 1170. The van der Waals surface area contributed by atoms with E-state index in [4.69, 9.17) is 16.3 Å². The Morgan fingerprint density at radius 2 is 1.88 bits per heavy atom. The number of nitrogens with zero attached hydrogens (tertiary/aromatic N) is 1. The zero-order chi connectivity index (χ0) is 23.5. The predicted molar refractivity (Wildman–Crippen MR) is 118 cm³/mol. The van der Waals surface area contributed by atoms with Gasteiger partial charge in [0.15, 0.2) is 6.61 Å². The maximum atomic E-state index is 13.2. The van der Waals surface area contributed by atoms with Crippen LogP contribution in [-0.4, -0.2) is 45.5 Å². The minimum absolute atomic E-state index is 0.0472. The number of hydrogen-bond donors (Lipinski definition) is 2. The second-order valence-corrected chi connectivity index (χ2v) is 9.59. The Hall–Kier alpha value is -3.11. The highest BCUT2D eigenvalue weighted by Crippen LogP contribution is 2.35. The van der Waals surface area contributed by atoms with Crippen molar-refractivity contribution in [3.05, 3.63) is 58.6 Å². The molecule has 0 saturated carbocycles. The molecule has 170 valence electrons.